The highest BCUT2D eigenvalue weighted by Crippen LogP contribution is 2.39. The summed E-state index contributed by atoms with van der Waals surface area (Å²) in [6.45, 7) is 3.97. The molecule has 2 fully saturated rings. The van der Waals surface area contributed by atoms with E-state index in [9.17, 15) is 27.9 Å². The minimum atomic E-state index is -4.66. The molecular formula is C29H36F3N3O5. The molecule has 2 heterocycles. The summed E-state index contributed by atoms with van der Waals surface area (Å²) in [4.78, 5) is 28.6. The van der Waals surface area contributed by atoms with Crippen molar-refractivity contribution in [2.45, 2.75) is 57.0 Å². The summed E-state index contributed by atoms with van der Waals surface area (Å²) >= 11 is 0. The Hall–Kier alpha value is -3.15. The van der Waals surface area contributed by atoms with Crippen LogP contribution in [0.2, 0.25) is 0 Å². The minimum absolute atomic E-state index is 0.105. The number of aliphatic hydroxyl groups excluding tert-OH is 1. The molecule has 2 aromatic carbocycles. The molecule has 0 bridgehead atoms. The van der Waals surface area contributed by atoms with Gasteiger partial charge in [0.15, 0.2) is 0 Å². The molecule has 8 nitrogen and oxygen atoms in total. The van der Waals surface area contributed by atoms with E-state index in [1.165, 1.54) is 31.2 Å². The number of piperidine rings is 1. The molecule has 0 spiro atoms. The molecule has 2 amide bonds. The van der Waals surface area contributed by atoms with Gasteiger partial charge in [-0.05, 0) is 75.3 Å². The Labute approximate surface area is 231 Å². The first-order chi connectivity index (χ1) is 19.0. The molecule has 2 aliphatic heterocycles. The maximum atomic E-state index is 13.6. The van der Waals surface area contributed by atoms with Crippen LogP contribution in [0.5, 0.6) is 11.5 Å². The fourth-order valence-corrected chi connectivity index (χ4v) is 5.01. The van der Waals surface area contributed by atoms with Crippen LogP contribution in [0, 0.1) is 5.92 Å². The predicted octanol–water partition coefficient (Wildman–Crippen LogP) is 4.17. The Morgan fingerprint density at radius 1 is 1.12 bits per heavy atom. The van der Waals surface area contributed by atoms with Crippen molar-refractivity contribution in [2.24, 2.45) is 5.92 Å². The second-order valence-corrected chi connectivity index (χ2v) is 10.6. The van der Waals surface area contributed by atoms with Crippen molar-refractivity contribution >= 4 is 11.8 Å². The van der Waals surface area contributed by atoms with Crippen molar-refractivity contribution < 1.29 is 37.3 Å². The van der Waals surface area contributed by atoms with E-state index in [0.717, 1.165) is 32.0 Å². The van der Waals surface area contributed by atoms with Crippen LogP contribution in [-0.2, 0) is 27.0 Å². The number of nitrogens with one attached hydrogen (secondary N) is 2. The molecule has 1 atom stereocenters. The van der Waals surface area contributed by atoms with Gasteiger partial charge in [0, 0.05) is 38.5 Å². The van der Waals surface area contributed by atoms with Gasteiger partial charge in [-0.2, -0.15) is 13.2 Å². The van der Waals surface area contributed by atoms with Crippen molar-refractivity contribution in [3.05, 3.63) is 59.2 Å². The molecule has 11 heteroatoms. The maximum Gasteiger partial charge on any atom is 0.419 e. The molecule has 0 aromatic heterocycles. The van der Waals surface area contributed by atoms with E-state index < -0.39 is 23.4 Å². The molecule has 2 saturated heterocycles. The molecule has 4 rings (SSSR count). The highest BCUT2D eigenvalue weighted by Gasteiger charge is 2.42. The average molecular weight is 564 g/mol. The van der Waals surface area contributed by atoms with Crippen LogP contribution >= 0.6 is 0 Å². The fourth-order valence-electron chi connectivity index (χ4n) is 5.01. The fraction of sp³-hybridized carbons (Fsp3) is 0.517. The van der Waals surface area contributed by atoms with E-state index in [4.69, 9.17) is 9.47 Å². The lowest BCUT2D eigenvalue weighted by Gasteiger charge is -2.38. The third kappa shape index (κ3) is 7.32. The van der Waals surface area contributed by atoms with E-state index in [1.54, 1.807) is 12.1 Å². The van der Waals surface area contributed by atoms with Crippen LogP contribution < -0.4 is 15.4 Å². The molecular weight excluding hydrogens is 527 g/mol. The van der Waals surface area contributed by atoms with Crippen molar-refractivity contribution in [2.75, 3.05) is 33.4 Å². The van der Waals surface area contributed by atoms with Crippen molar-refractivity contribution in [3.8, 4) is 11.5 Å². The number of halogens is 3. The summed E-state index contributed by atoms with van der Waals surface area (Å²) < 4.78 is 51.7. The number of carbonyl (C=O) groups excluding carboxylic acids is 2. The number of benzene rings is 2. The minimum Gasteiger partial charge on any atom is -0.457 e. The van der Waals surface area contributed by atoms with Gasteiger partial charge in [-0.1, -0.05) is 18.2 Å². The van der Waals surface area contributed by atoms with Crippen LogP contribution in [-0.4, -0.2) is 60.7 Å². The third-order valence-electron chi connectivity index (χ3n) is 7.63. The largest absolute Gasteiger partial charge is 0.457 e. The molecule has 2 aliphatic rings. The zero-order valence-corrected chi connectivity index (χ0v) is 22.7. The SMILES string of the molecule is CC(O)c1ccc(Oc2ccc(CNC(=O)C3(NC(=O)C4CCN(C)CC4)CCOCC3)cc2)c(C(F)(F)F)c1. The lowest BCUT2D eigenvalue weighted by atomic mass is 9.86. The summed E-state index contributed by atoms with van der Waals surface area (Å²) in [5.41, 5.74) is -1.18. The molecule has 0 aliphatic carbocycles. The van der Waals surface area contributed by atoms with Gasteiger partial charge in [-0.3, -0.25) is 9.59 Å². The van der Waals surface area contributed by atoms with E-state index in [-0.39, 0.29) is 41.3 Å². The topological polar surface area (TPSA) is 100 Å². The van der Waals surface area contributed by atoms with E-state index in [0.29, 0.717) is 31.6 Å². The number of aliphatic hydroxyl groups is 1. The normalized spacial score (nSPS) is 19.1. The van der Waals surface area contributed by atoms with Crippen molar-refractivity contribution in [1.29, 1.82) is 0 Å². The van der Waals surface area contributed by atoms with E-state index in [2.05, 4.69) is 15.5 Å². The van der Waals surface area contributed by atoms with Crippen LogP contribution in [0.3, 0.4) is 0 Å². The summed E-state index contributed by atoms with van der Waals surface area (Å²) in [7, 11) is 2.02. The lowest BCUT2D eigenvalue weighted by molar-refractivity contribution is -0.140. The van der Waals surface area contributed by atoms with Gasteiger partial charge < -0.3 is 30.1 Å². The molecule has 1 unspecified atom stereocenters. The Bertz CT molecular complexity index is 1170. The monoisotopic (exact) mass is 563 g/mol. The van der Waals surface area contributed by atoms with Crippen LogP contribution in [0.25, 0.3) is 0 Å². The predicted molar refractivity (Wildman–Crippen MR) is 142 cm³/mol. The first-order valence-corrected chi connectivity index (χ1v) is 13.5. The standard InChI is InChI=1S/C29H36F3N3O5/c1-19(36)22-5-8-25(24(17-22)29(30,31)32)40-23-6-3-20(4-7-23)18-33-27(38)28(11-15-39-16-12-28)34-26(37)21-9-13-35(2)14-10-21/h3-8,17,19,21,36H,9-16,18H2,1-2H3,(H,33,38)(H,34,37). The smallest absolute Gasteiger partial charge is 0.419 e. The molecule has 218 valence electrons. The summed E-state index contributed by atoms with van der Waals surface area (Å²) in [5.74, 6) is -0.703. The Balaban J connectivity index is 1.39. The van der Waals surface area contributed by atoms with Gasteiger partial charge in [-0.15, -0.1) is 0 Å². The Kier molecular flexibility index (Phi) is 9.37. The summed E-state index contributed by atoms with van der Waals surface area (Å²) in [6.07, 6.45) is -3.46. The maximum absolute atomic E-state index is 13.6. The highest BCUT2D eigenvalue weighted by molar-refractivity contribution is 5.92. The number of likely N-dealkylation sites (tertiary alicyclic amines) is 1. The van der Waals surface area contributed by atoms with Crippen LogP contribution in [0.1, 0.15) is 55.4 Å². The number of amides is 2. The average Bonchev–Trinajstić information content (AvgIpc) is 2.92. The zero-order chi connectivity index (χ0) is 28.9. The molecule has 0 saturated carbocycles. The number of hydrogen-bond acceptors (Lipinski definition) is 6. The number of nitrogens with zero attached hydrogens (tertiary/aromatic N) is 1. The van der Waals surface area contributed by atoms with Gasteiger partial charge in [0.25, 0.3) is 0 Å². The van der Waals surface area contributed by atoms with Gasteiger partial charge in [0.2, 0.25) is 11.8 Å². The van der Waals surface area contributed by atoms with Gasteiger partial charge >= 0.3 is 6.18 Å². The number of alkyl halides is 3. The van der Waals surface area contributed by atoms with Gasteiger partial charge in [0.05, 0.1) is 11.7 Å². The molecule has 2 aromatic rings. The highest BCUT2D eigenvalue weighted by atomic mass is 19.4. The molecule has 40 heavy (non-hydrogen) atoms. The Morgan fingerprint density at radius 3 is 2.38 bits per heavy atom. The summed E-state index contributed by atoms with van der Waals surface area (Å²) in [5, 5.41) is 15.6. The number of rotatable bonds is 8. The number of hydrogen-bond donors (Lipinski definition) is 3. The van der Waals surface area contributed by atoms with E-state index >= 15 is 0 Å². The number of ether oxygens (including phenoxy) is 2. The summed E-state index contributed by atoms with van der Waals surface area (Å²) in [6, 6.07) is 9.80. The van der Waals surface area contributed by atoms with Crippen LogP contribution in [0.4, 0.5) is 13.2 Å². The second kappa shape index (κ2) is 12.6. The van der Waals surface area contributed by atoms with Crippen molar-refractivity contribution in [1.82, 2.24) is 15.5 Å². The first-order valence-electron chi connectivity index (χ1n) is 13.5. The van der Waals surface area contributed by atoms with Crippen molar-refractivity contribution in [3.63, 3.8) is 0 Å². The lowest BCUT2D eigenvalue weighted by Crippen LogP contribution is -2.62. The molecule has 0 radical (unpaired) electrons. The Morgan fingerprint density at radius 2 is 1.77 bits per heavy atom. The zero-order valence-electron chi connectivity index (χ0n) is 22.7. The first kappa shape index (κ1) is 29.8. The van der Waals surface area contributed by atoms with Gasteiger partial charge in [-0.25, -0.2) is 0 Å². The van der Waals surface area contributed by atoms with E-state index in [1.807, 2.05) is 7.05 Å². The third-order valence-corrected chi connectivity index (χ3v) is 7.63. The second-order valence-electron chi connectivity index (χ2n) is 10.6. The van der Waals surface area contributed by atoms with Gasteiger partial charge in [0.1, 0.15) is 17.0 Å². The number of carbonyl (C=O) groups is 2. The van der Waals surface area contributed by atoms with Crippen LogP contribution in [0.15, 0.2) is 42.5 Å². The molecule has 3 N–H and O–H groups in total. The quantitative estimate of drug-likeness (QED) is 0.446.